The molecule has 66 valence electrons. The monoisotopic (exact) mass is 202 g/mol. The van der Waals surface area contributed by atoms with Crippen LogP contribution in [0.3, 0.4) is 0 Å². The molecular formula is C10H12Cl2. The third-order valence-electron chi connectivity index (χ3n) is 1.78. The fourth-order valence-electron chi connectivity index (χ4n) is 1.15. The van der Waals surface area contributed by atoms with Crippen molar-refractivity contribution in [2.45, 2.75) is 19.8 Å². The van der Waals surface area contributed by atoms with Gasteiger partial charge in [-0.05, 0) is 31.4 Å². The summed E-state index contributed by atoms with van der Waals surface area (Å²) in [4.78, 5) is 0. The molecule has 0 N–H and O–H groups in total. The highest BCUT2D eigenvalue weighted by Gasteiger charge is 1.99. The van der Waals surface area contributed by atoms with E-state index in [0.29, 0.717) is 5.88 Å². The van der Waals surface area contributed by atoms with Crippen LogP contribution in [-0.4, -0.2) is 5.88 Å². The molecule has 0 spiro atoms. The fourth-order valence-corrected chi connectivity index (χ4v) is 1.50. The second kappa shape index (κ2) is 4.74. The van der Waals surface area contributed by atoms with E-state index < -0.39 is 0 Å². The van der Waals surface area contributed by atoms with Gasteiger partial charge in [-0.15, -0.1) is 11.6 Å². The van der Waals surface area contributed by atoms with E-state index in [0.717, 1.165) is 17.9 Å². The molecule has 0 aliphatic carbocycles. The molecule has 0 saturated heterocycles. The van der Waals surface area contributed by atoms with Crippen molar-refractivity contribution < 1.29 is 0 Å². The maximum Gasteiger partial charge on any atom is 0.0438 e. The van der Waals surface area contributed by atoms with Gasteiger partial charge in [0.15, 0.2) is 0 Å². The van der Waals surface area contributed by atoms with Crippen molar-refractivity contribution in [3.8, 4) is 0 Å². The van der Waals surface area contributed by atoms with E-state index in [1.54, 1.807) is 0 Å². The Morgan fingerprint density at radius 3 is 2.75 bits per heavy atom. The van der Waals surface area contributed by atoms with Crippen molar-refractivity contribution in [1.29, 1.82) is 0 Å². The van der Waals surface area contributed by atoms with Crippen LogP contribution in [0.25, 0.3) is 0 Å². The summed E-state index contributed by atoms with van der Waals surface area (Å²) in [7, 11) is 0. The van der Waals surface area contributed by atoms with Crippen LogP contribution < -0.4 is 0 Å². The molecule has 0 aromatic heterocycles. The first-order chi connectivity index (χ1) is 5.74. The van der Waals surface area contributed by atoms with E-state index in [9.17, 15) is 0 Å². The summed E-state index contributed by atoms with van der Waals surface area (Å²) < 4.78 is 0. The SMILES string of the molecule is Cc1ccc(Cl)c(CCCCl)c1. The van der Waals surface area contributed by atoms with Gasteiger partial charge < -0.3 is 0 Å². The zero-order chi connectivity index (χ0) is 8.97. The highest BCUT2D eigenvalue weighted by atomic mass is 35.5. The summed E-state index contributed by atoms with van der Waals surface area (Å²) in [6.07, 6.45) is 1.97. The molecule has 1 rings (SSSR count). The van der Waals surface area contributed by atoms with Crippen molar-refractivity contribution in [2.75, 3.05) is 5.88 Å². The zero-order valence-corrected chi connectivity index (χ0v) is 8.62. The number of aryl methyl sites for hydroxylation is 2. The van der Waals surface area contributed by atoms with Crippen molar-refractivity contribution in [1.82, 2.24) is 0 Å². The lowest BCUT2D eigenvalue weighted by molar-refractivity contribution is 0.927. The molecule has 1 aromatic rings. The molecule has 0 amide bonds. The lowest BCUT2D eigenvalue weighted by atomic mass is 10.1. The minimum atomic E-state index is 0.699. The van der Waals surface area contributed by atoms with Gasteiger partial charge in [0.1, 0.15) is 0 Å². The molecule has 0 radical (unpaired) electrons. The first kappa shape index (κ1) is 9.88. The number of hydrogen-bond acceptors (Lipinski definition) is 0. The second-order valence-electron chi connectivity index (χ2n) is 2.89. The first-order valence-electron chi connectivity index (χ1n) is 4.05. The number of rotatable bonds is 3. The van der Waals surface area contributed by atoms with E-state index in [1.165, 1.54) is 11.1 Å². The predicted octanol–water partition coefficient (Wildman–Crippen LogP) is 3.82. The van der Waals surface area contributed by atoms with Gasteiger partial charge in [-0.2, -0.15) is 0 Å². The smallest absolute Gasteiger partial charge is 0.0438 e. The molecule has 0 heterocycles. The van der Waals surface area contributed by atoms with E-state index in [-0.39, 0.29) is 0 Å². The molecule has 12 heavy (non-hydrogen) atoms. The van der Waals surface area contributed by atoms with Crippen molar-refractivity contribution >= 4 is 23.2 Å². The van der Waals surface area contributed by atoms with Crippen LogP contribution in [0, 0.1) is 6.92 Å². The van der Waals surface area contributed by atoms with Gasteiger partial charge >= 0.3 is 0 Å². The Bertz CT molecular complexity index is 256. The third kappa shape index (κ3) is 2.69. The van der Waals surface area contributed by atoms with Gasteiger partial charge in [0.2, 0.25) is 0 Å². The summed E-state index contributed by atoms with van der Waals surface area (Å²) in [6, 6.07) is 6.09. The Hall–Kier alpha value is -0.200. The van der Waals surface area contributed by atoms with E-state index >= 15 is 0 Å². The van der Waals surface area contributed by atoms with Crippen LogP contribution in [0.1, 0.15) is 17.5 Å². The molecule has 1 aromatic carbocycles. The number of halogens is 2. The Morgan fingerprint density at radius 1 is 1.33 bits per heavy atom. The Labute approximate surface area is 83.5 Å². The summed E-state index contributed by atoms with van der Waals surface area (Å²) >= 11 is 11.6. The van der Waals surface area contributed by atoms with Gasteiger partial charge in [-0.1, -0.05) is 29.3 Å². The molecule has 0 aliphatic rings. The molecular weight excluding hydrogens is 191 g/mol. The molecule has 0 atom stereocenters. The maximum absolute atomic E-state index is 5.99. The normalized spacial score (nSPS) is 10.2. The van der Waals surface area contributed by atoms with Crippen LogP contribution in [0.15, 0.2) is 18.2 Å². The number of alkyl halides is 1. The fraction of sp³-hybridized carbons (Fsp3) is 0.400. The topological polar surface area (TPSA) is 0 Å². The summed E-state index contributed by atoms with van der Waals surface area (Å²) in [6.45, 7) is 2.07. The minimum Gasteiger partial charge on any atom is -0.127 e. The molecule has 0 fully saturated rings. The number of hydrogen-bond donors (Lipinski definition) is 0. The summed E-state index contributed by atoms with van der Waals surface area (Å²) in [5.74, 6) is 0.699. The van der Waals surface area contributed by atoms with E-state index in [4.69, 9.17) is 23.2 Å². The average molecular weight is 203 g/mol. The quantitative estimate of drug-likeness (QED) is 0.655. The molecule has 0 bridgehead atoms. The van der Waals surface area contributed by atoms with Crippen LogP contribution in [0.5, 0.6) is 0 Å². The van der Waals surface area contributed by atoms with Crippen molar-refractivity contribution in [2.24, 2.45) is 0 Å². The van der Waals surface area contributed by atoms with Crippen LogP contribution in [0.2, 0.25) is 5.02 Å². The van der Waals surface area contributed by atoms with E-state index in [1.807, 2.05) is 12.1 Å². The summed E-state index contributed by atoms with van der Waals surface area (Å²) in [5, 5.41) is 0.853. The molecule has 0 saturated carbocycles. The third-order valence-corrected chi connectivity index (χ3v) is 2.42. The highest BCUT2D eigenvalue weighted by molar-refractivity contribution is 6.31. The van der Waals surface area contributed by atoms with Crippen LogP contribution in [-0.2, 0) is 6.42 Å². The second-order valence-corrected chi connectivity index (χ2v) is 3.67. The Kier molecular flexibility index (Phi) is 3.90. The van der Waals surface area contributed by atoms with E-state index in [2.05, 4.69) is 13.0 Å². The lowest BCUT2D eigenvalue weighted by Gasteiger charge is -2.03. The molecule has 0 unspecified atom stereocenters. The molecule has 2 heteroatoms. The molecule has 0 nitrogen and oxygen atoms in total. The zero-order valence-electron chi connectivity index (χ0n) is 7.11. The predicted molar refractivity (Wildman–Crippen MR) is 55.2 cm³/mol. The number of benzene rings is 1. The largest absolute Gasteiger partial charge is 0.127 e. The maximum atomic E-state index is 5.99. The highest BCUT2D eigenvalue weighted by Crippen LogP contribution is 2.18. The van der Waals surface area contributed by atoms with Crippen LogP contribution >= 0.6 is 23.2 Å². The molecule has 0 aliphatic heterocycles. The summed E-state index contributed by atoms with van der Waals surface area (Å²) in [5.41, 5.74) is 2.46. The average Bonchev–Trinajstić information content (AvgIpc) is 2.07. The Morgan fingerprint density at radius 2 is 2.08 bits per heavy atom. The first-order valence-corrected chi connectivity index (χ1v) is 4.96. The van der Waals surface area contributed by atoms with Gasteiger partial charge in [-0.25, -0.2) is 0 Å². The van der Waals surface area contributed by atoms with Crippen molar-refractivity contribution in [3.63, 3.8) is 0 Å². The van der Waals surface area contributed by atoms with Gasteiger partial charge in [0, 0.05) is 10.9 Å². The minimum absolute atomic E-state index is 0.699. The lowest BCUT2D eigenvalue weighted by Crippen LogP contribution is -1.88. The standard InChI is InChI=1S/C10H12Cl2/c1-8-4-5-10(12)9(7-8)3-2-6-11/h4-5,7H,2-3,6H2,1H3. The van der Waals surface area contributed by atoms with Gasteiger partial charge in [0.05, 0.1) is 0 Å². The van der Waals surface area contributed by atoms with Gasteiger partial charge in [0.25, 0.3) is 0 Å². The van der Waals surface area contributed by atoms with Gasteiger partial charge in [-0.3, -0.25) is 0 Å². The van der Waals surface area contributed by atoms with Crippen molar-refractivity contribution in [3.05, 3.63) is 34.3 Å². The van der Waals surface area contributed by atoms with Crippen LogP contribution in [0.4, 0.5) is 0 Å². The Balaban J connectivity index is 2.75.